The third-order valence-corrected chi connectivity index (χ3v) is 12.2. The van der Waals surface area contributed by atoms with Crippen molar-refractivity contribution in [3.63, 3.8) is 0 Å². The van der Waals surface area contributed by atoms with E-state index < -0.39 is 11.2 Å². The smallest absolute Gasteiger partial charge is 0.330 e. The number of ether oxygens (including phenoxy) is 1. The van der Waals surface area contributed by atoms with Crippen LogP contribution in [0.15, 0.2) is 12.2 Å². The first-order valence-electron chi connectivity index (χ1n) is 14.4. The second-order valence-corrected chi connectivity index (χ2v) is 13.5. The van der Waals surface area contributed by atoms with Crippen LogP contribution in [0.4, 0.5) is 0 Å². The van der Waals surface area contributed by atoms with Gasteiger partial charge >= 0.3 is 5.97 Å². The first-order valence-corrected chi connectivity index (χ1v) is 14.4. The molecule has 36 heavy (non-hydrogen) atoms. The molecule has 7 heteroatoms. The Morgan fingerprint density at radius 2 is 1.75 bits per heavy atom. The number of hydrogen-bond donors (Lipinski definition) is 4. The van der Waals surface area contributed by atoms with E-state index in [-0.39, 0.29) is 52.5 Å². The minimum absolute atomic E-state index is 0.0168. The summed E-state index contributed by atoms with van der Waals surface area (Å²) in [5.74, 6) is 0.746. The summed E-state index contributed by atoms with van der Waals surface area (Å²) < 4.78 is 5.36. The van der Waals surface area contributed by atoms with E-state index in [1.165, 1.54) is 0 Å². The molecule has 0 spiro atoms. The maximum atomic E-state index is 12.7. The van der Waals surface area contributed by atoms with Crippen LogP contribution in [0.25, 0.3) is 0 Å². The van der Waals surface area contributed by atoms with Gasteiger partial charge in [0.1, 0.15) is 0 Å². The second-order valence-electron chi connectivity index (χ2n) is 13.5. The Bertz CT molecular complexity index is 948. The van der Waals surface area contributed by atoms with Gasteiger partial charge in [-0.1, -0.05) is 19.9 Å². The Morgan fingerprint density at radius 1 is 1.00 bits per heavy atom. The first-order chi connectivity index (χ1) is 17.1. The molecule has 1 saturated heterocycles. The van der Waals surface area contributed by atoms with Gasteiger partial charge in [-0.3, -0.25) is 4.79 Å². The first kappa shape index (κ1) is 24.9. The van der Waals surface area contributed by atoms with Crippen molar-refractivity contribution in [3.8, 4) is 0 Å². The molecule has 2 unspecified atom stereocenters. The molecule has 6 rings (SSSR count). The Morgan fingerprint density at radius 3 is 2.47 bits per heavy atom. The fourth-order valence-corrected chi connectivity index (χ4v) is 10.0. The molecule has 4 N–H and O–H groups in total. The summed E-state index contributed by atoms with van der Waals surface area (Å²) >= 11 is 0. The van der Waals surface area contributed by atoms with Crippen LogP contribution in [0.5, 0.6) is 0 Å². The molecular weight excluding hydrogens is 456 g/mol. The standard InChI is InChI=1S/C29H44N2O5/c1-26-11-7-19(31-25(33)23-4-3-15-30-23)16-28(26,34)13-9-22-21(26)8-12-27(2)20(10-14-29(22,27)35)18-5-6-24(32)36-17-18/h5-6,18-23,30,34-35H,3-4,7-17H2,1-2H3,(H,31,33)/t18?,19?,20-,21+,22-,23-,26-,27-,28+,29+/m1/s1. The van der Waals surface area contributed by atoms with Crippen molar-refractivity contribution in [1.82, 2.24) is 10.6 Å². The van der Waals surface area contributed by atoms with Crippen molar-refractivity contribution in [2.75, 3.05) is 13.2 Å². The van der Waals surface area contributed by atoms with E-state index >= 15 is 0 Å². The van der Waals surface area contributed by atoms with E-state index in [4.69, 9.17) is 4.74 Å². The highest BCUT2D eigenvalue weighted by Crippen LogP contribution is 2.70. The van der Waals surface area contributed by atoms with Gasteiger partial charge in [-0.25, -0.2) is 4.79 Å². The lowest BCUT2D eigenvalue weighted by molar-refractivity contribution is -0.251. The predicted molar refractivity (Wildman–Crippen MR) is 135 cm³/mol. The number of cyclic esters (lactones) is 1. The monoisotopic (exact) mass is 500 g/mol. The third-order valence-electron chi connectivity index (χ3n) is 12.2. The van der Waals surface area contributed by atoms with Crippen LogP contribution in [-0.2, 0) is 14.3 Å². The molecule has 6 aliphatic rings. The van der Waals surface area contributed by atoms with E-state index in [2.05, 4.69) is 24.5 Å². The Labute approximate surface area is 214 Å². The van der Waals surface area contributed by atoms with Gasteiger partial charge in [0, 0.05) is 23.5 Å². The zero-order valence-electron chi connectivity index (χ0n) is 21.9. The summed E-state index contributed by atoms with van der Waals surface area (Å²) in [6.07, 6.45) is 13.1. The molecular formula is C29H44N2O5. The highest BCUT2D eigenvalue weighted by atomic mass is 16.5. The zero-order valence-corrected chi connectivity index (χ0v) is 21.9. The van der Waals surface area contributed by atoms with Crippen molar-refractivity contribution in [2.24, 2.45) is 34.5 Å². The number of amides is 1. The molecule has 200 valence electrons. The van der Waals surface area contributed by atoms with Gasteiger partial charge in [-0.2, -0.15) is 0 Å². The molecule has 10 atom stereocenters. The highest BCUT2D eigenvalue weighted by molar-refractivity contribution is 5.83. The van der Waals surface area contributed by atoms with Gasteiger partial charge in [0.15, 0.2) is 0 Å². The molecule has 0 aromatic carbocycles. The molecule has 0 radical (unpaired) electrons. The molecule has 2 aliphatic heterocycles. The van der Waals surface area contributed by atoms with E-state index in [0.717, 1.165) is 64.3 Å². The molecule has 2 heterocycles. The number of aliphatic hydroxyl groups is 2. The van der Waals surface area contributed by atoms with Crippen LogP contribution in [0, 0.1) is 34.5 Å². The van der Waals surface area contributed by atoms with Gasteiger partial charge in [-0.15, -0.1) is 0 Å². The van der Waals surface area contributed by atoms with Crippen LogP contribution in [0.1, 0.15) is 84.5 Å². The number of nitrogens with one attached hydrogen (secondary N) is 2. The van der Waals surface area contributed by atoms with Gasteiger partial charge < -0.3 is 25.6 Å². The van der Waals surface area contributed by atoms with Crippen molar-refractivity contribution >= 4 is 11.9 Å². The molecule has 4 aliphatic carbocycles. The molecule has 0 bridgehead atoms. The number of esters is 1. The summed E-state index contributed by atoms with van der Waals surface area (Å²) in [7, 11) is 0. The summed E-state index contributed by atoms with van der Waals surface area (Å²) in [4.78, 5) is 24.3. The lowest BCUT2D eigenvalue weighted by atomic mass is 9.41. The number of rotatable bonds is 3. The van der Waals surface area contributed by atoms with Crippen molar-refractivity contribution in [3.05, 3.63) is 12.2 Å². The quantitative estimate of drug-likeness (QED) is 0.444. The fourth-order valence-electron chi connectivity index (χ4n) is 10.0. The number of carbonyl (C=O) groups excluding carboxylic acids is 2. The maximum Gasteiger partial charge on any atom is 0.330 e. The van der Waals surface area contributed by atoms with E-state index in [1.54, 1.807) is 6.08 Å². The SMILES string of the molecule is C[C@]12CCC(NC(=O)[C@H]3CCCN3)C[C@@]1(O)CC[C@@H]1[C@@H]2CC[C@]2(C)[C@@H](C3C=CC(=O)OC3)CC[C@]12O. The number of hydrogen-bond acceptors (Lipinski definition) is 6. The normalized spacial score (nSPS) is 52.2. The van der Waals surface area contributed by atoms with Crippen molar-refractivity contribution in [1.29, 1.82) is 0 Å². The van der Waals surface area contributed by atoms with Crippen LogP contribution < -0.4 is 10.6 Å². The summed E-state index contributed by atoms with van der Waals surface area (Å²) in [5.41, 5.74) is -2.02. The van der Waals surface area contributed by atoms with Crippen LogP contribution in [0.2, 0.25) is 0 Å². The zero-order chi connectivity index (χ0) is 25.3. The molecule has 4 saturated carbocycles. The molecule has 0 aromatic heterocycles. The lowest BCUT2D eigenvalue weighted by Crippen LogP contribution is -2.68. The maximum absolute atomic E-state index is 12.7. The minimum atomic E-state index is -0.810. The Balaban J connectivity index is 1.20. The predicted octanol–water partition coefficient (Wildman–Crippen LogP) is 2.84. The number of fused-ring (bicyclic) bond motifs is 5. The molecule has 7 nitrogen and oxygen atoms in total. The molecule has 5 fully saturated rings. The van der Waals surface area contributed by atoms with Crippen LogP contribution in [-0.4, -0.2) is 58.5 Å². The summed E-state index contributed by atoms with van der Waals surface area (Å²) in [6, 6.07) is -0.0741. The van der Waals surface area contributed by atoms with Gasteiger partial charge in [0.05, 0.1) is 23.9 Å². The van der Waals surface area contributed by atoms with Gasteiger partial charge in [0.2, 0.25) is 5.91 Å². The van der Waals surface area contributed by atoms with Crippen LogP contribution >= 0.6 is 0 Å². The second kappa shape index (κ2) is 8.54. The topological polar surface area (TPSA) is 108 Å². The van der Waals surface area contributed by atoms with Gasteiger partial charge in [-0.05, 0) is 100 Å². The Hall–Kier alpha value is -1.44. The minimum Gasteiger partial charge on any atom is -0.462 e. The van der Waals surface area contributed by atoms with Crippen molar-refractivity contribution in [2.45, 2.75) is 108 Å². The average molecular weight is 501 g/mol. The average Bonchev–Trinajstić information content (AvgIpc) is 3.47. The molecule has 1 amide bonds. The third kappa shape index (κ3) is 3.48. The lowest BCUT2D eigenvalue weighted by Gasteiger charge is -2.66. The number of carbonyl (C=O) groups is 2. The summed E-state index contributed by atoms with van der Waals surface area (Å²) in [5, 5.41) is 31.1. The van der Waals surface area contributed by atoms with Crippen LogP contribution in [0.3, 0.4) is 0 Å². The fraction of sp³-hybridized carbons (Fsp3) is 0.862. The highest BCUT2D eigenvalue weighted by Gasteiger charge is 2.70. The van der Waals surface area contributed by atoms with E-state index in [0.29, 0.717) is 25.4 Å². The molecule has 0 aromatic rings. The Kier molecular flexibility index (Phi) is 5.90. The van der Waals surface area contributed by atoms with E-state index in [1.807, 2.05) is 6.08 Å². The summed E-state index contributed by atoms with van der Waals surface area (Å²) in [6.45, 7) is 5.86. The van der Waals surface area contributed by atoms with Crippen molar-refractivity contribution < 1.29 is 24.5 Å². The van der Waals surface area contributed by atoms with E-state index in [9.17, 15) is 19.8 Å². The largest absolute Gasteiger partial charge is 0.462 e. The van der Waals surface area contributed by atoms with Gasteiger partial charge in [0.25, 0.3) is 0 Å².